The van der Waals surface area contributed by atoms with Gasteiger partial charge in [0.2, 0.25) is 0 Å². The monoisotopic (exact) mass is 632 g/mol. The van der Waals surface area contributed by atoms with Crippen LogP contribution in [0.4, 0.5) is 0 Å². The molecular formula is C50H32. The highest BCUT2D eigenvalue weighted by molar-refractivity contribution is 6.23. The summed E-state index contributed by atoms with van der Waals surface area (Å²) in [7, 11) is 0. The highest BCUT2D eigenvalue weighted by atomic mass is 14.2. The number of fused-ring (bicyclic) bond motifs is 5. The van der Waals surface area contributed by atoms with Gasteiger partial charge in [-0.2, -0.15) is 0 Å². The molecule has 0 heterocycles. The Bertz CT molecular complexity index is 2850. The van der Waals surface area contributed by atoms with E-state index in [0.717, 1.165) is 0 Å². The molecule has 0 saturated heterocycles. The van der Waals surface area contributed by atoms with Crippen LogP contribution in [0.3, 0.4) is 0 Å². The zero-order valence-corrected chi connectivity index (χ0v) is 27.5. The largest absolute Gasteiger partial charge is 0.0616 e. The van der Waals surface area contributed by atoms with Crippen molar-refractivity contribution in [1.82, 2.24) is 0 Å². The van der Waals surface area contributed by atoms with Crippen molar-refractivity contribution in [2.24, 2.45) is 0 Å². The molecule has 0 N–H and O–H groups in total. The van der Waals surface area contributed by atoms with Crippen molar-refractivity contribution in [2.45, 2.75) is 0 Å². The van der Waals surface area contributed by atoms with Gasteiger partial charge in [-0.25, -0.2) is 0 Å². The fraction of sp³-hybridized carbons (Fsp3) is 0. The standard InChI is InChI=1S/C50H32/c1-2-14-37-32-38(29-24-33(37)12-1)41-31-30-40(42-17-5-6-18-43(41)42)35-25-27-36(28-26-35)49-45-19-7-9-21-47(45)50(48-22-10-8-20-46(48)49)44-23-11-15-34-13-3-4-16-39(34)44/h1-32H. The second-order valence-corrected chi connectivity index (χ2v) is 13.2. The van der Waals surface area contributed by atoms with E-state index >= 15 is 0 Å². The number of hydrogen-bond donors (Lipinski definition) is 0. The van der Waals surface area contributed by atoms with Crippen LogP contribution in [-0.2, 0) is 0 Å². The van der Waals surface area contributed by atoms with Gasteiger partial charge in [0.1, 0.15) is 0 Å². The molecule has 0 aromatic heterocycles. The van der Waals surface area contributed by atoms with Crippen LogP contribution in [0.15, 0.2) is 194 Å². The zero-order valence-electron chi connectivity index (χ0n) is 27.5. The molecule has 0 atom stereocenters. The van der Waals surface area contributed by atoms with Crippen molar-refractivity contribution in [3.8, 4) is 44.5 Å². The molecule has 0 radical (unpaired) electrons. The van der Waals surface area contributed by atoms with Gasteiger partial charge >= 0.3 is 0 Å². The minimum Gasteiger partial charge on any atom is -0.0616 e. The molecule has 0 aliphatic heterocycles. The molecule has 0 amide bonds. The van der Waals surface area contributed by atoms with Crippen LogP contribution in [0.1, 0.15) is 0 Å². The van der Waals surface area contributed by atoms with Gasteiger partial charge < -0.3 is 0 Å². The van der Waals surface area contributed by atoms with Crippen LogP contribution in [0, 0.1) is 0 Å². The third-order valence-corrected chi connectivity index (χ3v) is 10.5. The lowest BCUT2D eigenvalue weighted by molar-refractivity contribution is 1.62. The van der Waals surface area contributed by atoms with E-state index in [1.165, 1.54) is 98.4 Å². The average molecular weight is 633 g/mol. The molecule has 0 bridgehead atoms. The summed E-state index contributed by atoms with van der Waals surface area (Å²) in [6, 6.07) is 71.3. The second kappa shape index (κ2) is 11.6. The molecule has 232 valence electrons. The van der Waals surface area contributed by atoms with Gasteiger partial charge in [0.25, 0.3) is 0 Å². The maximum atomic E-state index is 2.31. The van der Waals surface area contributed by atoms with Gasteiger partial charge in [-0.15, -0.1) is 0 Å². The zero-order chi connectivity index (χ0) is 33.0. The van der Waals surface area contributed by atoms with Gasteiger partial charge in [-0.1, -0.05) is 188 Å². The van der Waals surface area contributed by atoms with Crippen molar-refractivity contribution in [3.05, 3.63) is 194 Å². The number of benzene rings is 10. The highest BCUT2D eigenvalue weighted by Crippen LogP contribution is 2.46. The summed E-state index contributed by atoms with van der Waals surface area (Å²) in [5, 5.41) is 12.7. The first-order chi connectivity index (χ1) is 24.8. The predicted molar refractivity (Wildman–Crippen MR) is 216 cm³/mol. The van der Waals surface area contributed by atoms with E-state index in [9.17, 15) is 0 Å². The summed E-state index contributed by atoms with van der Waals surface area (Å²) < 4.78 is 0. The molecular weight excluding hydrogens is 601 g/mol. The van der Waals surface area contributed by atoms with Crippen LogP contribution in [0.5, 0.6) is 0 Å². The van der Waals surface area contributed by atoms with Crippen molar-refractivity contribution >= 4 is 53.9 Å². The number of hydrogen-bond acceptors (Lipinski definition) is 0. The lowest BCUT2D eigenvalue weighted by Gasteiger charge is -2.19. The Labute approximate surface area is 291 Å². The molecule has 0 aliphatic carbocycles. The Morgan fingerprint density at radius 1 is 0.200 bits per heavy atom. The maximum Gasteiger partial charge on any atom is -0.00201 e. The Kier molecular flexibility index (Phi) is 6.60. The third-order valence-electron chi connectivity index (χ3n) is 10.5. The third kappa shape index (κ3) is 4.54. The van der Waals surface area contributed by atoms with Crippen LogP contribution in [0.25, 0.3) is 98.4 Å². The van der Waals surface area contributed by atoms with Crippen molar-refractivity contribution < 1.29 is 0 Å². The van der Waals surface area contributed by atoms with E-state index in [2.05, 4.69) is 194 Å². The molecule has 0 saturated carbocycles. The first-order valence-corrected chi connectivity index (χ1v) is 17.4. The molecule has 0 fully saturated rings. The molecule has 0 nitrogen and oxygen atoms in total. The van der Waals surface area contributed by atoms with Crippen LogP contribution in [0.2, 0.25) is 0 Å². The van der Waals surface area contributed by atoms with Gasteiger partial charge in [-0.3, -0.25) is 0 Å². The summed E-state index contributed by atoms with van der Waals surface area (Å²) in [5.74, 6) is 0. The van der Waals surface area contributed by atoms with Crippen molar-refractivity contribution in [2.75, 3.05) is 0 Å². The normalized spacial score (nSPS) is 11.6. The fourth-order valence-electron chi connectivity index (χ4n) is 8.15. The predicted octanol–water partition coefficient (Wildman–Crippen LogP) is 14.1. The van der Waals surface area contributed by atoms with Crippen LogP contribution < -0.4 is 0 Å². The van der Waals surface area contributed by atoms with Crippen LogP contribution in [-0.4, -0.2) is 0 Å². The van der Waals surface area contributed by atoms with E-state index in [-0.39, 0.29) is 0 Å². The molecule has 0 heteroatoms. The van der Waals surface area contributed by atoms with E-state index in [4.69, 9.17) is 0 Å². The Morgan fingerprint density at radius 2 is 0.640 bits per heavy atom. The van der Waals surface area contributed by atoms with E-state index < -0.39 is 0 Å². The van der Waals surface area contributed by atoms with Gasteiger partial charge in [0.15, 0.2) is 0 Å². The highest BCUT2D eigenvalue weighted by Gasteiger charge is 2.18. The Hall–Kier alpha value is -6.50. The van der Waals surface area contributed by atoms with Crippen molar-refractivity contribution in [3.63, 3.8) is 0 Å². The second-order valence-electron chi connectivity index (χ2n) is 13.2. The molecule has 10 aromatic carbocycles. The minimum atomic E-state index is 1.22. The lowest BCUT2D eigenvalue weighted by Crippen LogP contribution is -1.92. The van der Waals surface area contributed by atoms with Crippen molar-refractivity contribution in [1.29, 1.82) is 0 Å². The average Bonchev–Trinajstić information content (AvgIpc) is 3.19. The van der Waals surface area contributed by atoms with Gasteiger partial charge in [0.05, 0.1) is 0 Å². The van der Waals surface area contributed by atoms with E-state index in [1.54, 1.807) is 0 Å². The van der Waals surface area contributed by atoms with E-state index in [1.807, 2.05) is 0 Å². The van der Waals surface area contributed by atoms with Crippen LogP contribution >= 0.6 is 0 Å². The summed E-state index contributed by atoms with van der Waals surface area (Å²) in [4.78, 5) is 0. The first-order valence-electron chi connectivity index (χ1n) is 17.4. The first kappa shape index (κ1) is 28.5. The fourth-order valence-corrected chi connectivity index (χ4v) is 8.15. The molecule has 10 aromatic rings. The summed E-state index contributed by atoms with van der Waals surface area (Å²) >= 11 is 0. The van der Waals surface area contributed by atoms with Gasteiger partial charge in [0, 0.05) is 0 Å². The SMILES string of the molecule is c1ccc2cc(-c3ccc(-c4ccc(-c5c6ccccc6c(-c6cccc7ccccc67)c6ccccc56)cc4)c4ccccc34)ccc2c1. The van der Waals surface area contributed by atoms with Gasteiger partial charge in [-0.05, 0) is 104 Å². The molecule has 50 heavy (non-hydrogen) atoms. The number of rotatable bonds is 4. The van der Waals surface area contributed by atoms with E-state index in [0.29, 0.717) is 0 Å². The minimum absolute atomic E-state index is 1.22. The smallest absolute Gasteiger partial charge is 0.00201 e. The molecule has 0 unspecified atom stereocenters. The Balaban J connectivity index is 1.13. The summed E-state index contributed by atoms with van der Waals surface area (Å²) in [6.07, 6.45) is 0. The maximum absolute atomic E-state index is 2.31. The Morgan fingerprint density at radius 3 is 1.28 bits per heavy atom. The quantitative estimate of drug-likeness (QED) is 0.169. The molecule has 0 spiro atoms. The molecule has 0 aliphatic rings. The topological polar surface area (TPSA) is 0 Å². The summed E-state index contributed by atoms with van der Waals surface area (Å²) in [5.41, 5.74) is 10.0. The summed E-state index contributed by atoms with van der Waals surface area (Å²) in [6.45, 7) is 0. The lowest BCUT2D eigenvalue weighted by atomic mass is 9.84. The molecule has 10 rings (SSSR count).